The second-order valence-electron chi connectivity index (χ2n) is 3.98. The maximum absolute atomic E-state index is 11.6. The van der Waals surface area contributed by atoms with E-state index in [2.05, 4.69) is 21.2 Å². The van der Waals surface area contributed by atoms with Crippen LogP contribution in [0.1, 0.15) is 5.56 Å². The summed E-state index contributed by atoms with van der Waals surface area (Å²) in [5.74, 6) is 0.0332. The molecule has 0 fully saturated rings. The highest BCUT2D eigenvalue weighted by molar-refractivity contribution is 9.10. The summed E-state index contributed by atoms with van der Waals surface area (Å²) in [5.41, 5.74) is 5.77. The van der Waals surface area contributed by atoms with Crippen molar-refractivity contribution < 1.29 is 14.8 Å². The highest BCUT2D eigenvalue weighted by atomic mass is 79.9. The van der Waals surface area contributed by atoms with Gasteiger partial charge in [0.05, 0.1) is 13.1 Å². The fourth-order valence-electron chi connectivity index (χ4n) is 1.42. The van der Waals surface area contributed by atoms with Crippen LogP contribution < -0.4 is 11.1 Å². The fourth-order valence-corrected chi connectivity index (χ4v) is 1.68. The predicted octanol–water partition coefficient (Wildman–Crippen LogP) is 0.920. The molecule has 0 atom stereocenters. The summed E-state index contributed by atoms with van der Waals surface area (Å²) >= 11 is 3.32. The third kappa shape index (κ3) is 6.32. The van der Waals surface area contributed by atoms with Crippen LogP contribution in [0.3, 0.4) is 0 Å². The molecule has 0 aliphatic heterocycles. The van der Waals surface area contributed by atoms with E-state index in [9.17, 15) is 9.59 Å². The first kappa shape index (κ1) is 15.6. The number of rotatable bonds is 7. The van der Waals surface area contributed by atoms with Crippen LogP contribution in [-0.2, 0) is 11.2 Å². The molecule has 0 heterocycles. The van der Waals surface area contributed by atoms with Crippen LogP contribution in [0.5, 0.6) is 0 Å². The first-order valence-electron chi connectivity index (χ1n) is 5.71. The van der Waals surface area contributed by atoms with Crippen molar-refractivity contribution in [1.29, 1.82) is 0 Å². The molecule has 0 bridgehead atoms. The maximum atomic E-state index is 11.6. The normalized spacial score (nSPS) is 10.2. The molecule has 0 aliphatic rings. The van der Waals surface area contributed by atoms with Crippen LogP contribution in [0, 0.1) is 0 Å². The van der Waals surface area contributed by atoms with E-state index in [1.165, 1.54) is 0 Å². The first-order chi connectivity index (χ1) is 8.99. The van der Waals surface area contributed by atoms with Crippen molar-refractivity contribution in [2.45, 2.75) is 6.42 Å². The molecule has 19 heavy (non-hydrogen) atoms. The number of benzene rings is 1. The Morgan fingerprint density at radius 3 is 2.53 bits per heavy atom. The number of amides is 2. The van der Waals surface area contributed by atoms with Crippen LogP contribution in [0.2, 0.25) is 0 Å². The van der Waals surface area contributed by atoms with Gasteiger partial charge in [-0.2, -0.15) is 0 Å². The van der Waals surface area contributed by atoms with Gasteiger partial charge < -0.3 is 11.1 Å². The predicted molar refractivity (Wildman–Crippen MR) is 73.8 cm³/mol. The Morgan fingerprint density at radius 2 is 1.95 bits per heavy atom. The minimum absolute atomic E-state index is 0.0332. The number of nitrogens with zero attached hydrogens (tertiary/aromatic N) is 1. The molecule has 0 saturated heterocycles. The summed E-state index contributed by atoms with van der Waals surface area (Å²) < 4.78 is 0.969. The molecule has 104 valence electrons. The van der Waals surface area contributed by atoms with Crippen molar-refractivity contribution in [3.05, 3.63) is 34.3 Å². The van der Waals surface area contributed by atoms with Crippen molar-refractivity contribution in [3.63, 3.8) is 0 Å². The SMILES string of the molecule is NC(=O)N(O)CCNCC(=O)Cc1ccc(Br)cc1. The van der Waals surface area contributed by atoms with Gasteiger partial charge in [-0.25, -0.2) is 9.86 Å². The van der Waals surface area contributed by atoms with Gasteiger partial charge in [0.25, 0.3) is 0 Å². The van der Waals surface area contributed by atoms with Crippen LogP contribution in [-0.4, -0.2) is 41.7 Å². The molecule has 7 heteroatoms. The minimum atomic E-state index is -0.914. The second kappa shape index (κ2) is 7.88. The molecular formula is C12H16BrN3O3. The van der Waals surface area contributed by atoms with Crippen LogP contribution in [0.25, 0.3) is 0 Å². The van der Waals surface area contributed by atoms with E-state index < -0.39 is 6.03 Å². The summed E-state index contributed by atoms with van der Waals surface area (Å²) in [6.07, 6.45) is 0.346. The molecule has 4 N–H and O–H groups in total. The number of nitrogens with one attached hydrogen (secondary N) is 1. The zero-order valence-electron chi connectivity index (χ0n) is 10.3. The maximum Gasteiger partial charge on any atom is 0.338 e. The van der Waals surface area contributed by atoms with Crippen molar-refractivity contribution in [1.82, 2.24) is 10.4 Å². The summed E-state index contributed by atoms with van der Waals surface area (Å²) in [6.45, 7) is 0.523. The Morgan fingerprint density at radius 1 is 1.32 bits per heavy atom. The molecule has 0 unspecified atom stereocenters. The molecule has 1 aromatic carbocycles. The Bertz CT molecular complexity index is 436. The molecule has 6 nitrogen and oxygen atoms in total. The number of primary amides is 1. The monoisotopic (exact) mass is 329 g/mol. The largest absolute Gasteiger partial charge is 0.350 e. The molecule has 2 amide bonds. The quantitative estimate of drug-likeness (QED) is 0.394. The lowest BCUT2D eigenvalue weighted by molar-refractivity contribution is -0.117. The smallest absolute Gasteiger partial charge is 0.338 e. The number of hydrogen-bond acceptors (Lipinski definition) is 4. The number of hydrogen-bond donors (Lipinski definition) is 3. The molecule has 0 radical (unpaired) electrons. The van der Waals surface area contributed by atoms with E-state index in [4.69, 9.17) is 10.9 Å². The van der Waals surface area contributed by atoms with Gasteiger partial charge in [0.1, 0.15) is 0 Å². The molecule has 1 aromatic rings. The van der Waals surface area contributed by atoms with Gasteiger partial charge in [-0.1, -0.05) is 28.1 Å². The zero-order chi connectivity index (χ0) is 14.3. The minimum Gasteiger partial charge on any atom is -0.350 e. The van der Waals surface area contributed by atoms with E-state index in [-0.39, 0.29) is 18.9 Å². The first-order valence-corrected chi connectivity index (χ1v) is 6.51. The summed E-state index contributed by atoms with van der Waals surface area (Å²) in [5, 5.41) is 12.2. The van der Waals surface area contributed by atoms with Gasteiger partial charge in [0.15, 0.2) is 5.78 Å². The third-order valence-electron chi connectivity index (χ3n) is 2.39. The number of carbonyl (C=O) groups is 2. The number of halogens is 1. The molecule has 0 saturated carbocycles. The molecule has 1 rings (SSSR count). The Hall–Kier alpha value is -1.44. The molecule has 0 aromatic heterocycles. The number of hydroxylamine groups is 2. The van der Waals surface area contributed by atoms with Gasteiger partial charge in [0, 0.05) is 17.4 Å². The van der Waals surface area contributed by atoms with Crippen molar-refractivity contribution in [2.24, 2.45) is 5.73 Å². The van der Waals surface area contributed by atoms with Crippen molar-refractivity contribution in [3.8, 4) is 0 Å². The molecule has 0 aliphatic carbocycles. The zero-order valence-corrected chi connectivity index (χ0v) is 11.9. The summed E-state index contributed by atoms with van der Waals surface area (Å²) in [6, 6.07) is 6.61. The summed E-state index contributed by atoms with van der Waals surface area (Å²) in [7, 11) is 0. The van der Waals surface area contributed by atoms with Gasteiger partial charge in [-0.3, -0.25) is 10.0 Å². The van der Waals surface area contributed by atoms with Gasteiger partial charge in [0.2, 0.25) is 0 Å². The number of carbonyl (C=O) groups excluding carboxylic acids is 2. The van der Waals surface area contributed by atoms with Gasteiger partial charge in [-0.05, 0) is 17.7 Å². The molecular weight excluding hydrogens is 314 g/mol. The Labute approximate surface area is 119 Å². The second-order valence-corrected chi connectivity index (χ2v) is 4.90. The topological polar surface area (TPSA) is 95.7 Å². The standard InChI is InChI=1S/C12H16BrN3O3/c13-10-3-1-9(2-4-10)7-11(17)8-15-5-6-16(19)12(14)18/h1-4,15,19H,5-8H2,(H2,14,18). The lowest BCUT2D eigenvalue weighted by Gasteiger charge is -2.11. The van der Waals surface area contributed by atoms with E-state index in [1.807, 2.05) is 24.3 Å². The van der Waals surface area contributed by atoms with Crippen molar-refractivity contribution in [2.75, 3.05) is 19.6 Å². The van der Waals surface area contributed by atoms with Gasteiger partial charge in [-0.15, -0.1) is 0 Å². The van der Waals surface area contributed by atoms with E-state index in [0.717, 1.165) is 10.0 Å². The number of Topliss-reactive ketones (excluding diaryl/α,β-unsaturated/α-hetero) is 1. The fraction of sp³-hybridized carbons (Fsp3) is 0.333. The van der Waals surface area contributed by atoms with Crippen LogP contribution in [0.15, 0.2) is 28.7 Å². The van der Waals surface area contributed by atoms with E-state index in [0.29, 0.717) is 18.0 Å². The highest BCUT2D eigenvalue weighted by Gasteiger charge is 2.06. The van der Waals surface area contributed by atoms with E-state index >= 15 is 0 Å². The lowest BCUT2D eigenvalue weighted by atomic mass is 10.1. The van der Waals surface area contributed by atoms with Crippen LogP contribution >= 0.6 is 15.9 Å². The van der Waals surface area contributed by atoms with Crippen molar-refractivity contribution >= 4 is 27.7 Å². The lowest BCUT2D eigenvalue weighted by Crippen LogP contribution is -2.38. The number of urea groups is 1. The highest BCUT2D eigenvalue weighted by Crippen LogP contribution is 2.10. The molecule has 0 spiro atoms. The third-order valence-corrected chi connectivity index (χ3v) is 2.92. The Kier molecular flexibility index (Phi) is 6.48. The van der Waals surface area contributed by atoms with Crippen LogP contribution in [0.4, 0.5) is 4.79 Å². The van der Waals surface area contributed by atoms with E-state index in [1.54, 1.807) is 0 Å². The number of nitrogens with two attached hydrogens (primary N) is 1. The Balaban J connectivity index is 2.21. The average Bonchev–Trinajstić information content (AvgIpc) is 2.37. The summed E-state index contributed by atoms with van der Waals surface area (Å²) in [4.78, 5) is 22.1. The average molecular weight is 330 g/mol. The van der Waals surface area contributed by atoms with Gasteiger partial charge >= 0.3 is 6.03 Å². The number of ketones is 1.